The summed E-state index contributed by atoms with van der Waals surface area (Å²) in [6, 6.07) is 6.19. The van der Waals surface area contributed by atoms with Gasteiger partial charge in [-0.2, -0.15) is 0 Å². The van der Waals surface area contributed by atoms with Crippen molar-refractivity contribution in [1.29, 1.82) is 0 Å². The topological polar surface area (TPSA) is 75.7 Å². The minimum Gasteiger partial charge on any atom is -0.452 e. The Labute approximate surface area is 162 Å². The number of ether oxygens (including phenoxy) is 1. The fourth-order valence-electron chi connectivity index (χ4n) is 2.03. The molecule has 0 saturated heterocycles. The third kappa shape index (κ3) is 5.71. The van der Waals surface area contributed by atoms with E-state index in [1.165, 1.54) is 19.2 Å². The van der Waals surface area contributed by atoms with Crippen molar-refractivity contribution >= 4 is 35.1 Å². The van der Waals surface area contributed by atoms with Crippen LogP contribution in [0.4, 0.5) is 18.9 Å². The Morgan fingerprint density at radius 2 is 1.68 bits per heavy atom. The minimum absolute atomic E-state index is 0.339. The van der Waals surface area contributed by atoms with Gasteiger partial charge in [0.05, 0.1) is 17.1 Å². The quantitative estimate of drug-likeness (QED) is 0.582. The van der Waals surface area contributed by atoms with Crippen LogP contribution in [0, 0.1) is 17.5 Å². The maximum absolute atomic E-state index is 13.2. The number of amides is 2. The van der Waals surface area contributed by atoms with E-state index in [2.05, 4.69) is 5.32 Å². The first-order chi connectivity index (χ1) is 13.2. The molecule has 0 aromatic heterocycles. The van der Waals surface area contributed by atoms with Crippen molar-refractivity contribution < 1.29 is 32.3 Å². The highest BCUT2D eigenvalue weighted by Gasteiger charge is 2.19. The molecule has 0 bridgehead atoms. The number of carbonyl (C=O) groups is 3. The Balaban J connectivity index is 1.86. The van der Waals surface area contributed by atoms with E-state index in [1.54, 1.807) is 0 Å². The summed E-state index contributed by atoms with van der Waals surface area (Å²) in [5, 5.41) is 2.09. The lowest BCUT2D eigenvalue weighted by atomic mass is 10.2. The molecule has 0 unspecified atom stereocenters. The summed E-state index contributed by atoms with van der Waals surface area (Å²) in [5.41, 5.74) is -0.100. The lowest BCUT2D eigenvalue weighted by Gasteiger charge is -2.17. The van der Waals surface area contributed by atoms with Crippen molar-refractivity contribution in [3.8, 4) is 0 Å². The SMILES string of the molecule is CN(CC(=O)Nc1ccc(F)cc1)C(=O)COC(=O)c1cc(F)c(F)cc1Cl. The highest BCUT2D eigenvalue weighted by atomic mass is 35.5. The van der Waals surface area contributed by atoms with Crippen LogP contribution in [0.3, 0.4) is 0 Å². The third-order valence-corrected chi connectivity index (χ3v) is 3.80. The number of benzene rings is 2. The van der Waals surface area contributed by atoms with Crippen LogP contribution in [0.2, 0.25) is 5.02 Å². The van der Waals surface area contributed by atoms with E-state index in [-0.39, 0.29) is 11.6 Å². The molecule has 2 rings (SSSR count). The molecule has 2 aromatic rings. The molecule has 0 spiro atoms. The number of hydrogen-bond acceptors (Lipinski definition) is 4. The van der Waals surface area contributed by atoms with Crippen molar-refractivity contribution in [2.75, 3.05) is 25.5 Å². The van der Waals surface area contributed by atoms with Crippen LogP contribution in [0.25, 0.3) is 0 Å². The Morgan fingerprint density at radius 3 is 2.32 bits per heavy atom. The first-order valence-electron chi connectivity index (χ1n) is 7.78. The molecule has 0 radical (unpaired) electrons. The Hall–Kier alpha value is -3.07. The van der Waals surface area contributed by atoms with Crippen LogP contribution in [0.1, 0.15) is 10.4 Å². The Kier molecular flexibility index (Phi) is 7.00. The normalized spacial score (nSPS) is 10.3. The second kappa shape index (κ2) is 9.23. The van der Waals surface area contributed by atoms with E-state index >= 15 is 0 Å². The zero-order valence-corrected chi connectivity index (χ0v) is 15.2. The summed E-state index contributed by atoms with van der Waals surface area (Å²) < 4.78 is 43.8. The summed E-state index contributed by atoms with van der Waals surface area (Å²) in [4.78, 5) is 36.7. The number of nitrogens with zero attached hydrogens (tertiary/aromatic N) is 1. The summed E-state index contributed by atoms with van der Waals surface area (Å²) >= 11 is 5.65. The summed E-state index contributed by atoms with van der Waals surface area (Å²) in [5.74, 6) is -5.39. The van der Waals surface area contributed by atoms with Crippen molar-refractivity contribution in [2.24, 2.45) is 0 Å². The van der Waals surface area contributed by atoms with Crippen LogP contribution in [0.5, 0.6) is 0 Å². The number of hydrogen-bond donors (Lipinski definition) is 1. The zero-order chi connectivity index (χ0) is 20.8. The van der Waals surface area contributed by atoms with Gasteiger partial charge < -0.3 is 15.0 Å². The van der Waals surface area contributed by atoms with Gasteiger partial charge in [-0.05, 0) is 36.4 Å². The average Bonchev–Trinajstić information content (AvgIpc) is 2.64. The van der Waals surface area contributed by atoms with Gasteiger partial charge >= 0.3 is 5.97 Å². The summed E-state index contributed by atoms with van der Waals surface area (Å²) in [7, 11) is 1.30. The second-order valence-electron chi connectivity index (χ2n) is 5.63. The van der Waals surface area contributed by atoms with E-state index < -0.39 is 47.4 Å². The van der Waals surface area contributed by atoms with E-state index in [4.69, 9.17) is 16.3 Å². The maximum atomic E-state index is 13.2. The molecule has 0 fully saturated rings. The van der Waals surface area contributed by atoms with Crippen LogP contribution in [0.15, 0.2) is 36.4 Å². The molecule has 0 aliphatic heterocycles. The number of esters is 1. The second-order valence-corrected chi connectivity index (χ2v) is 6.03. The van der Waals surface area contributed by atoms with Crippen LogP contribution in [-0.2, 0) is 14.3 Å². The largest absolute Gasteiger partial charge is 0.452 e. The molecule has 28 heavy (non-hydrogen) atoms. The Bertz CT molecular complexity index is 906. The molecule has 0 heterocycles. The van der Waals surface area contributed by atoms with Gasteiger partial charge in [0.15, 0.2) is 18.2 Å². The number of likely N-dealkylation sites (N-methyl/N-ethyl adjacent to an activating group) is 1. The van der Waals surface area contributed by atoms with Gasteiger partial charge in [-0.15, -0.1) is 0 Å². The Morgan fingerprint density at radius 1 is 1.07 bits per heavy atom. The minimum atomic E-state index is -1.29. The molecule has 6 nitrogen and oxygen atoms in total. The first kappa shape index (κ1) is 21.2. The fourth-order valence-corrected chi connectivity index (χ4v) is 2.26. The maximum Gasteiger partial charge on any atom is 0.340 e. The van der Waals surface area contributed by atoms with Gasteiger partial charge in [-0.1, -0.05) is 11.6 Å². The van der Waals surface area contributed by atoms with Gasteiger partial charge in [-0.3, -0.25) is 9.59 Å². The third-order valence-electron chi connectivity index (χ3n) is 3.49. The first-order valence-corrected chi connectivity index (χ1v) is 8.16. The molecule has 148 valence electrons. The monoisotopic (exact) mass is 414 g/mol. The number of halogens is 4. The molecule has 0 aliphatic carbocycles. The number of rotatable bonds is 6. The molecule has 0 atom stereocenters. The molecule has 2 amide bonds. The van der Waals surface area contributed by atoms with E-state index in [0.717, 1.165) is 17.0 Å². The smallest absolute Gasteiger partial charge is 0.340 e. The van der Waals surface area contributed by atoms with Crippen molar-refractivity contribution in [3.63, 3.8) is 0 Å². The number of carbonyl (C=O) groups excluding carboxylic acids is 3. The molecule has 0 saturated carbocycles. The molecular formula is C18H14ClF3N2O4. The molecular weight excluding hydrogens is 401 g/mol. The van der Waals surface area contributed by atoms with Gasteiger partial charge in [-0.25, -0.2) is 18.0 Å². The van der Waals surface area contributed by atoms with Gasteiger partial charge in [0, 0.05) is 12.7 Å². The molecule has 1 N–H and O–H groups in total. The highest BCUT2D eigenvalue weighted by Crippen LogP contribution is 2.20. The van der Waals surface area contributed by atoms with E-state index in [9.17, 15) is 27.6 Å². The average molecular weight is 415 g/mol. The number of anilines is 1. The van der Waals surface area contributed by atoms with Crippen LogP contribution < -0.4 is 5.32 Å². The summed E-state index contributed by atoms with van der Waals surface area (Å²) in [6.45, 7) is -1.10. The molecule has 2 aromatic carbocycles. The molecule has 10 heteroatoms. The van der Waals surface area contributed by atoms with E-state index in [1.807, 2.05) is 0 Å². The van der Waals surface area contributed by atoms with E-state index in [0.29, 0.717) is 17.8 Å². The van der Waals surface area contributed by atoms with Crippen molar-refractivity contribution in [1.82, 2.24) is 4.90 Å². The fraction of sp³-hybridized carbons (Fsp3) is 0.167. The predicted octanol–water partition coefficient (Wildman–Crippen LogP) is 3.01. The van der Waals surface area contributed by atoms with Crippen LogP contribution in [-0.4, -0.2) is 42.9 Å². The molecule has 0 aliphatic rings. The van der Waals surface area contributed by atoms with Gasteiger partial charge in [0.25, 0.3) is 5.91 Å². The lowest BCUT2D eigenvalue weighted by Crippen LogP contribution is -2.37. The highest BCUT2D eigenvalue weighted by molar-refractivity contribution is 6.33. The number of nitrogens with one attached hydrogen (secondary N) is 1. The van der Waals surface area contributed by atoms with Crippen molar-refractivity contribution in [2.45, 2.75) is 0 Å². The van der Waals surface area contributed by atoms with Gasteiger partial charge in [0.1, 0.15) is 5.82 Å². The van der Waals surface area contributed by atoms with Crippen molar-refractivity contribution in [3.05, 3.63) is 64.4 Å². The summed E-state index contributed by atoms with van der Waals surface area (Å²) in [6.07, 6.45) is 0. The zero-order valence-electron chi connectivity index (χ0n) is 14.5. The standard InChI is InChI=1S/C18H14ClF3N2O4/c1-24(8-16(25)23-11-4-2-10(20)3-5-11)17(26)9-28-18(27)12-6-14(21)15(22)7-13(12)19/h2-7H,8-9H2,1H3,(H,23,25). The van der Waals surface area contributed by atoms with Crippen LogP contribution >= 0.6 is 11.6 Å². The predicted molar refractivity (Wildman–Crippen MR) is 94.3 cm³/mol. The lowest BCUT2D eigenvalue weighted by molar-refractivity contribution is -0.136. The van der Waals surface area contributed by atoms with Gasteiger partial charge in [0.2, 0.25) is 5.91 Å².